The van der Waals surface area contributed by atoms with Crippen molar-refractivity contribution in [1.29, 1.82) is 0 Å². The number of benzene rings is 1. The second kappa shape index (κ2) is 6.25. The lowest BCUT2D eigenvalue weighted by atomic mass is 10.0. The van der Waals surface area contributed by atoms with Crippen LogP contribution in [0.3, 0.4) is 0 Å². The normalized spacial score (nSPS) is 18.8. The standard InChI is InChI=1S/C14H20F2N2/c15-12-6-4-5-11(14(12)16)13(17)7-10-18-8-2-1-3-9-18/h4-6,13H,1-3,7-10,17H2. The van der Waals surface area contributed by atoms with Gasteiger partial charge in [-0.3, -0.25) is 0 Å². The lowest BCUT2D eigenvalue weighted by molar-refractivity contribution is 0.221. The van der Waals surface area contributed by atoms with Gasteiger partial charge < -0.3 is 10.6 Å². The maximum absolute atomic E-state index is 13.5. The molecule has 1 aromatic rings. The zero-order valence-electron chi connectivity index (χ0n) is 10.5. The molecule has 0 bridgehead atoms. The zero-order chi connectivity index (χ0) is 13.0. The SMILES string of the molecule is NC(CCN1CCCCC1)c1cccc(F)c1F. The van der Waals surface area contributed by atoms with Gasteiger partial charge in [0.2, 0.25) is 0 Å². The molecular weight excluding hydrogens is 234 g/mol. The molecule has 0 spiro atoms. The molecule has 2 nitrogen and oxygen atoms in total. The molecule has 0 aromatic heterocycles. The van der Waals surface area contributed by atoms with E-state index in [1.54, 1.807) is 6.07 Å². The molecule has 18 heavy (non-hydrogen) atoms. The first-order valence-corrected chi connectivity index (χ1v) is 6.60. The third-order valence-electron chi connectivity index (χ3n) is 3.59. The Kier molecular flexibility index (Phi) is 4.66. The lowest BCUT2D eigenvalue weighted by Gasteiger charge is -2.27. The van der Waals surface area contributed by atoms with Gasteiger partial charge in [-0.2, -0.15) is 0 Å². The predicted octanol–water partition coefficient (Wildman–Crippen LogP) is 2.84. The predicted molar refractivity (Wildman–Crippen MR) is 68.2 cm³/mol. The quantitative estimate of drug-likeness (QED) is 0.895. The Morgan fingerprint density at radius 3 is 2.61 bits per heavy atom. The van der Waals surface area contributed by atoms with Crippen LogP contribution in [0.25, 0.3) is 0 Å². The van der Waals surface area contributed by atoms with Crippen LogP contribution in [0.4, 0.5) is 8.78 Å². The molecule has 2 rings (SSSR count). The minimum absolute atomic E-state index is 0.284. The molecular formula is C14H20F2N2. The second-order valence-corrected chi connectivity index (χ2v) is 4.94. The van der Waals surface area contributed by atoms with Gasteiger partial charge in [-0.1, -0.05) is 18.6 Å². The van der Waals surface area contributed by atoms with E-state index in [2.05, 4.69) is 4.90 Å². The summed E-state index contributed by atoms with van der Waals surface area (Å²) in [5.74, 6) is -1.62. The fraction of sp³-hybridized carbons (Fsp3) is 0.571. The number of halogens is 2. The smallest absolute Gasteiger partial charge is 0.163 e. The average molecular weight is 254 g/mol. The molecule has 2 N–H and O–H groups in total. The number of piperidine rings is 1. The van der Waals surface area contributed by atoms with E-state index in [1.807, 2.05) is 0 Å². The van der Waals surface area contributed by atoms with Gasteiger partial charge in [0, 0.05) is 11.6 Å². The summed E-state index contributed by atoms with van der Waals surface area (Å²) in [5, 5.41) is 0. The highest BCUT2D eigenvalue weighted by molar-refractivity contribution is 5.22. The second-order valence-electron chi connectivity index (χ2n) is 4.94. The highest BCUT2D eigenvalue weighted by Gasteiger charge is 2.16. The maximum atomic E-state index is 13.5. The van der Waals surface area contributed by atoms with E-state index in [0.29, 0.717) is 6.42 Å². The number of likely N-dealkylation sites (tertiary alicyclic amines) is 1. The van der Waals surface area contributed by atoms with Gasteiger partial charge in [0.25, 0.3) is 0 Å². The van der Waals surface area contributed by atoms with Crippen molar-refractivity contribution in [3.8, 4) is 0 Å². The van der Waals surface area contributed by atoms with Crippen LogP contribution in [0.1, 0.15) is 37.3 Å². The van der Waals surface area contributed by atoms with Crippen molar-refractivity contribution >= 4 is 0 Å². The Morgan fingerprint density at radius 2 is 1.89 bits per heavy atom. The molecule has 1 atom stereocenters. The van der Waals surface area contributed by atoms with Crippen LogP contribution in [-0.2, 0) is 0 Å². The highest BCUT2D eigenvalue weighted by Crippen LogP contribution is 2.21. The summed E-state index contributed by atoms with van der Waals surface area (Å²) in [6, 6.07) is 3.77. The van der Waals surface area contributed by atoms with Crippen molar-refractivity contribution in [3.05, 3.63) is 35.4 Å². The van der Waals surface area contributed by atoms with Crippen LogP contribution < -0.4 is 5.73 Å². The summed E-state index contributed by atoms with van der Waals surface area (Å²) in [4.78, 5) is 2.35. The maximum Gasteiger partial charge on any atom is 0.163 e. The van der Waals surface area contributed by atoms with Crippen molar-refractivity contribution in [2.24, 2.45) is 5.73 Å². The van der Waals surface area contributed by atoms with Gasteiger partial charge in [0.05, 0.1) is 0 Å². The fourth-order valence-electron chi connectivity index (χ4n) is 2.47. The average Bonchev–Trinajstić information content (AvgIpc) is 2.40. The van der Waals surface area contributed by atoms with E-state index in [0.717, 1.165) is 25.7 Å². The van der Waals surface area contributed by atoms with E-state index < -0.39 is 17.7 Å². The first-order chi connectivity index (χ1) is 8.68. The third-order valence-corrected chi connectivity index (χ3v) is 3.59. The zero-order valence-corrected chi connectivity index (χ0v) is 10.5. The van der Waals surface area contributed by atoms with Crippen molar-refractivity contribution in [1.82, 2.24) is 4.90 Å². The molecule has 1 heterocycles. The molecule has 1 fully saturated rings. The van der Waals surface area contributed by atoms with Crippen molar-refractivity contribution in [2.75, 3.05) is 19.6 Å². The largest absolute Gasteiger partial charge is 0.324 e. The fourth-order valence-corrected chi connectivity index (χ4v) is 2.47. The lowest BCUT2D eigenvalue weighted by Crippen LogP contribution is -2.32. The Morgan fingerprint density at radius 1 is 1.17 bits per heavy atom. The molecule has 0 saturated carbocycles. The number of nitrogens with two attached hydrogens (primary N) is 1. The number of rotatable bonds is 4. The molecule has 1 aliphatic rings. The topological polar surface area (TPSA) is 29.3 Å². The van der Waals surface area contributed by atoms with Crippen molar-refractivity contribution < 1.29 is 8.78 Å². The van der Waals surface area contributed by atoms with E-state index >= 15 is 0 Å². The van der Waals surface area contributed by atoms with E-state index in [4.69, 9.17) is 5.73 Å². The molecule has 0 aliphatic carbocycles. The van der Waals surface area contributed by atoms with Gasteiger partial charge in [0.1, 0.15) is 0 Å². The molecule has 0 amide bonds. The number of hydrogen-bond acceptors (Lipinski definition) is 2. The summed E-state index contributed by atoms with van der Waals surface area (Å²) in [5.41, 5.74) is 6.23. The molecule has 1 saturated heterocycles. The minimum atomic E-state index is -0.819. The molecule has 100 valence electrons. The molecule has 0 radical (unpaired) electrons. The van der Waals surface area contributed by atoms with E-state index in [9.17, 15) is 8.78 Å². The van der Waals surface area contributed by atoms with Crippen molar-refractivity contribution in [2.45, 2.75) is 31.7 Å². The molecule has 1 unspecified atom stereocenters. The Hall–Kier alpha value is -1.00. The van der Waals surface area contributed by atoms with Gasteiger partial charge in [-0.15, -0.1) is 0 Å². The van der Waals surface area contributed by atoms with Gasteiger partial charge in [-0.25, -0.2) is 8.78 Å². The van der Waals surface area contributed by atoms with Gasteiger partial charge in [0.15, 0.2) is 11.6 Å². The van der Waals surface area contributed by atoms with Crippen LogP contribution >= 0.6 is 0 Å². The Balaban J connectivity index is 1.90. The Labute approximate surface area is 107 Å². The van der Waals surface area contributed by atoms with E-state index in [-0.39, 0.29) is 5.56 Å². The molecule has 4 heteroatoms. The van der Waals surface area contributed by atoms with E-state index in [1.165, 1.54) is 25.3 Å². The first kappa shape index (κ1) is 13.4. The molecule has 1 aromatic carbocycles. The summed E-state index contributed by atoms with van der Waals surface area (Å²) >= 11 is 0. The minimum Gasteiger partial charge on any atom is -0.324 e. The monoisotopic (exact) mass is 254 g/mol. The summed E-state index contributed by atoms with van der Waals surface area (Å²) in [6.07, 6.45) is 4.41. The van der Waals surface area contributed by atoms with Crippen LogP contribution in [0.2, 0.25) is 0 Å². The number of hydrogen-bond donors (Lipinski definition) is 1. The summed E-state index contributed by atoms with van der Waals surface area (Å²) < 4.78 is 26.6. The van der Waals surface area contributed by atoms with Gasteiger partial charge in [-0.05, 0) is 45.0 Å². The first-order valence-electron chi connectivity index (χ1n) is 6.60. The number of nitrogens with zero attached hydrogens (tertiary/aromatic N) is 1. The summed E-state index contributed by atoms with van der Waals surface area (Å²) in [6.45, 7) is 3.05. The third kappa shape index (κ3) is 3.27. The van der Waals surface area contributed by atoms with Crippen LogP contribution in [-0.4, -0.2) is 24.5 Å². The summed E-state index contributed by atoms with van der Waals surface area (Å²) in [7, 11) is 0. The molecule has 1 aliphatic heterocycles. The van der Waals surface area contributed by atoms with Crippen LogP contribution in [0, 0.1) is 11.6 Å². The van der Waals surface area contributed by atoms with Crippen molar-refractivity contribution in [3.63, 3.8) is 0 Å². The highest BCUT2D eigenvalue weighted by atomic mass is 19.2. The van der Waals surface area contributed by atoms with Crippen LogP contribution in [0.5, 0.6) is 0 Å². The Bertz CT molecular complexity index is 389. The van der Waals surface area contributed by atoms with Gasteiger partial charge >= 0.3 is 0 Å². The van der Waals surface area contributed by atoms with Crippen LogP contribution in [0.15, 0.2) is 18.2 Å².